The van der Waals surface area contributed by atoms with Gasteiger partial charge in [-0.25, -0.2) is 4.79 Å². The Morgan fingerprint density at radius 3 is 2.64 bits per heavy atom. The fraction of sp³-hybridized carbons (Fsp3) is 0.529. The Bertz CT molecular complexity index is 557. The number of urea groups is 1. The zero-order valence-electron chi connectivity index (χ0n) is 13.8. The van der Waals surface area contributed by atoms with Crippen LogP contribution in [0.25, 0.3) is 0 Å². The van der Waals surface area contributed by atoms with Gasteiger partial charge < -0.3 is 15.1 Å². The van der Waals surface area contributed by atoms with Crippen LogP contribution < -0.4 is 10.2 Å². The van der Waals surface area contributed by atoms with Gasteiger partial charge >= 0.3 is 6.03 Å². The number of amides is 3. The molecule has 0 aliphatic carbocycles. The van der Waals surface area contributed by atoms with E-state index < -0.39 is 6.04 Å². The number of rotatable bonds is 3. The van der Waals surface area contributed by atoms with E-state index in [0.717, 1.165) is 17.7 Å². The van der Waals surface area contributed by atoms with Gasteiger partial charge in [-0.3, -0.25) is 4.79 Å². The lowest BCUT2D eigenvalue weighted by atomic mass is 10.1. The first kappa shape index (κ1) is 16.3. The lowest BCUT2D eigenvalue weighted by Gasteiger charge is -2.39. The van der Waals surface area contributed by atoms with Crippen LogP contribution in [0.5, 0.6) is 0 Å². The third kappa shape index (κ3) is 3.24. The molecule has 0 bridgehead atoms. The van der Waals surface area contributed by atoms with Crippen LogP contribution in [0.2, 0.25) is 0 Å². The fourth-order valence-electron chi connectivity index (χ4n) is 2.79. The van der Waals surface area contributed by atoms with Gasteiger partial charge in [-0.05, 0) is 38.8 Å². The molecule has 1 aliphatic heterocycles. The van der Waals surface area contributed by atoms with Crippen molar-refractivity contribution in [2.45, 2.75) is 46.2 Å². The molecule has 5 nitrogen and oxygen atoms in total. The van der Waals surface area contributed by atoms with Gasteiger partial charge in [-0.15, -0.1) is 0 Å². The van der Waals surface area contributed by atoms with Crippen molar-refractivity contribution in [3.8, 4) is 0 Å². The fourth-order valence-corrected chi connectivity index (χ4v) is 2.79. The molecule has 3 amide bonds. The highest BCUT2D eigenvalue weighted by Crippen LogP contribution is 2.25. The lowest BCUT2D eigenvalue weighted by molar-refractivity contribution is -0.124. The molecule has 0 aromatic heterocycles. The Morgan fingerprint density at radius 2 is 2.00 bits per heavy atom. The van der Waals surface area contributed by atoms with Crippen molar-refractivity contribution in [3.63, 3.8) is 0 Å². The molecule has 0 saturated carbocycles. The Labute approximate surface area is 132 Å². The van der Waals surface area contributed by atoms with E-state index in [-0.39, 0.29) is 18.0 Å². The normalized spacial score (nSPS) is 18.8. The molecule has 22 heavy (non-hydrogen) atoms. The number of para-hydroxylation sites is 1. The molecule has 5 heteroatoms. The second kappa shape index (κ2) is 6.81. The third-order valence-electron chi connectivity index (χ3n) is 3.99. The molecule has 1 aromatic carbocycles. The van der Waals surface area contributed by atoms with Gasteiger partial charge in [-0.2, -0.15) is 0 Å². The smallest absolute Gasteiger partial charge is 0.318 e. The molecular weight excluding hydrogens is 278 g/mol. The molecule has 120 valence electrons. The minimum Gasteiger partial charge on any atom is -0.336 e. The minimum atomic E-state index is -0.447. The van der Waals surface area contributed by atoms with Crippen LogP contribution in [-0.4, -0.2) is 42.0 Å². The standard InChI is InChI=1S/C17H25N3O2/c1-5-14-8-6-7-9-15(14)20-11-10-19(13(4)16(20)21)17(22)18-12(2)3/h6-9,12-13H,5,10-11H2,1-4H3,(H,18,22)/t13-/m0/s1. The molecule has 2 rings (SSSR count). The van der Waals surface area contributed by atoms with Crippen LogP contribution in [0.3, 0.4) is 0 Å². The van der Waals surface area contributed by atoms with E-state index in [1.165, 1.54) is 0 Å². The number of nitrogens with zero attached hydrogens (tertiary/aromatic N) is 2. The van der Waals surface area contributed by atoms with E-state index in [1.807, 2.05) is 43.0 Å². The molecule has 1 saturated heterocycles. The van der Waals surface area contributed by atoms with Crippen LogP contribution in [0.1, 0.15) is 33.3 Å². The van der Waals surface area contributed by atoms with Crippen molar-refractivity contribution in [2.75, 3.05) is 18.0 Å². The van der Waals surface area contributed by atoms with E-state index in [0.29, 0.717) is 13.1 Å². The summed E-state index contributed by atoms with van der Waals surface area (Å²) in [5, 5.41) is 2.86. The minimum absolute atomic E-state index is 0.0222. The van der Waals surface area contributed by atoms with E-state index in [9.17, 15) is 9.59 Å². The summed E-state index contributed by atoms with van der Waals surface area (Å²) in [6.45, 7) is 8.79. The predicted octanol–water partition coefficient (Wildman–Crippen LogP) is 2.40. The van der Waals surface area contributed by atoms with Crippen LogP contribution >= 0.6 is 0 Å². The van der Waals surface area contributed by atoms with Gasteiger partial charge in [0.15, 0.2) is 0 Å². The Kier molecular flexibility index (Phi) is 5.06. The number of hydrogen-bond acceptors (Lipinski definition) is 2. The van der Waals surface area contributed by atoms with Gasteiger partial charge in [0.2, 0.25) is 5.91 Å². The Balaban J connectivity index is 2.17. The summed E-state index contributed by atoms with van der Waals surface area (Å²) >= 11 is 0. The summed E-state index contributed by atoms with van der Waals surface area (Å²) in [5.41, 5.74) is 2.12. The molecule has 1 aliphatic rings. The van der Waals surface area contributed by atoms with Gasteiger partial charge in [-0.1, -0.05) is 25.1 Å². The topological polar surface area (TPSA) is 52.6 Å². The SMILES string of the molecule is CCc1ccccc1N1CCN(C(=O)NC(C)C)[C@@H](C)C1=O. The molecule has 1 N–H and O–H groups in total. The largest absolute Gasteiger partial charge is 0.336 e. The number of carbonyl (C=O) groups excluding carboxylic acids is 2. The summed E-state index contributed by atoms with van der Waals surface area (Å²) in [7, 11) is 0. The van der Waals surface area contributed by atoms with Crippen molar-refractivity contribution >= 4 is 17.6 Å². The second-order valence-corrected chi connectivity index (χ2v) is 5.95. The summed E-state index contributed by atoms with van der Waals surface area (Å²) in [5.74, 6) is -0.0222. The first-order valence-electron chi connectivity index (χ1n) is 7.92. The highest BCUT2D eigenvalue weighted by atomic mass is 16.2. The number of anilines is 1. The van der Waals surface area contributed by atoms with Crippen molar-refractivity contribution in [2.24, 2.45) is 0 Å². The molecule has 1 aromatic rings. The van der Waals surface area contributed by atoms with Crippen molar-refractivity contribution in [1.29, 1.82) is 0 Å². The molecule has 1 atom stereocenters. The highest BCUT2D eigenvalue weighted by molar-refractivity contribution is 6.00. The molecule has 0 radical (unpaired) electrons. The van der Waals surface area contributed by atoms with Crippen LogP contribution in [0.15, 0.2) is 24.3 Å². The van der Waals surface area contributed by atoms with Crippen molar-refractivity contribution in [3.05, 3.63) is 29.8 Å². The Morgan fingerprint density at radius 1 is 1.32 bits per heavy atom. The number of piperazine rings is 1. The van der Waals surface area contributed by atoms with Crippen LogP contribution in [0.4, 0.5) is 10.5 Å². The molecule has 1 fully saturated rings. The first-order valence-corrected chi connectivity index (χ1v) is 7.92. The summed E-state index contributed by atoms with van der Waals surface area (Å²) < 4.78 is 0. The van der Waals surface area contributed by atoms with Crippen LogP contribution in [0, 0.1) is 0 Å². The molecule has 0 spiro atoms. The lowest BCUT2D eigenvalue weighted by Crippen LogP contribution is -2.60. The average molecular weight is 303 g/mol. The maximum absolute atomic E-state index is 12.7. The average Bonchev–Trinajstić information content (AvgIpc) is 2.49. The molecule has 0 unspecified atom stereocenters. The number of carbonyl (C=O) groups is 2. The summed E-state index contributed by atoms with van der Waals surface area (Å²) in [6, 6.07) is 7.41. The highest BCUT2D eigenvalue weighted by Gasteiger charge is 2.35. The second-order valence-electron chi connectivity index (χ2n) is 5.95. The monoisotopic (exact) mass is 303 g/mol. The third-order valence-corrected chi connectivity index (χ3v) is 3.99. The number of nitrogens with one attached hydrogen (secondary N) is 1. The van der Waals surface area contributed by atoms with Crippen LogP contribution in [-0.2, 0) is 11.2 Å². The molecule has 1 heterocycles. The Hall–Kier alpha value is -2.04. The summed E-state index contributed by atoms with van der Waals surface area (Å²) in [6.07, 6.45) is 0.881. The quantitative estimate of drug-likeness (QED) is 0.932. The zero-order valence-corrected chi connectivity index (χ0v) is 13.8. The van der Waals surface area contributed by atoms with E-state index >= 15 is 0 Å². The van der Waals surface area contributed by atoms with Gasteiger partial charge in [0.25, 0.3) is 0 Å². The van der Waals surface area contributed by atoms with Gasteiger partial charge in [0.1, 0.15) is 6.04 Å². The van der Waals surface area contributed by atoms with E-state index in [1.54, 1.807) is 11.8 Å². The first-order chi connectivity index (χ1) is 10.5. The number of hydrogen-bond donors (Lipinski definition) is 1. The predicted molar refractivity (Wildman–Crippen MR) is 88.0 cm³/mol. The maximum atomic E-state index is 12.7. The van der Waals surface area contributed by atoms with Gasteiger partial charge in [0.05, 0.1) is 0 Å². The van der Waals surface area contributed by atoms with Crippen molar-refractivity contribution in [1.82, 2.24) is 10.2 Å². The van der Waals surface area contributed by atoms with E-state index in [4.69, 9.17) is 0 Å². The number of aryl methyl sites for hydroxylation is 1. The molecular formula is C17H25N3O2. The summed E-state index contributed by atoms with van der Waals surface area (Å²) in [4.78, 5) is 28.3. The number of benzene rings is 1. The van der Waals surface area contributed by atoms with Crippen molar-refractivity contribution < 1.29 is 9.59 Å². The van der Waals surface area contributed by atoms with Gasteiger partial charge in [0, 0.05) is 24.8 Å². The maximum Gasteiger partial charge on any atom is 0.318 e. The van der Waals surface area contributed by atoms with E-state index in [2.05, 4.69) is 12.2 Å². The zero-order chi connectivity index (χ0) is 16.3.